The van der Waals surface area contributed by atoms with Crippen molar-refractivity contribution in [3.05, 3.63) is 212 Å². The fraction of sp³-hybridized carbons (Fsp3) is 0. The molecule has 0 N–H and O–H groups in total. The van der Waals surface area contributed by atoms with Crippen LogP contribution >= 0.6 is 0 Å². The Bertz CT molecular complexity index is 2880. The van der Waals surface area contributed by atoms with Gasteiger partial charge < -0.3 is 9.13 Å². The largest absolute Gasteiger partial charge is 0.307 e. The Morgan fingerprint density at radius 2 is 0.643 bits per heavy atom. The SMILES string of the molecule is c1ccc(-c2cc(-c3ccccc3)cc(-n3c4ccccc4c4cnc5c6ccccc6n(-c6cc(-c7ccccc7)cc(-c7ccccc7)c6)c5c43)c2)cc1. The molecule has 0 saturated heterocycles. The quantitative estimate of drug-likeness (QED) is 0.168. The van der Waals surface area contributed by atoms with Crippen LogP contribution in [0.25, 0.3) is 99.6 Å². The molecule has 3 aromatic heterocycles. The minimum absolute atomic E-state index is 0.978. The first-order chi connectivity index (χ1) is 27.8. The average molecular weight is 714 g/mol. The molecule has 0 unspecified atom stereocenters. The molecule has 3 heteroatoms. The summed E-state index contributed by atoms with van der Waals surface area (Å²) in [4.78, 5) is 5.30. The molecule has 0 aliphatic rings. The first-order valence-corrected chi connectivity index (χ1v) is 19.1. The topological polar surface area (TPSA) is 22.8 Å². The van der Waals surface area contributed by atoms with Crippen LogP contribution in [0.2, 0.25) is 0 Å². The van der Waals surface area contributed by atoms with E-state index in [0.717, 1.165) is 60.9 Å². The lowest BCUT2D eigenvalue weighted by molar-refractivity contribution is 1.15. The zero-order valence-electron chi connectivity index (χ0n) is 30.5. The fourth-order valence-corrected chi connectivity index (χ4v) is 8.54. The van der Waals surface area contributed by atoms with Gasteiger partial charge in [-0.05, 0) is 93.0 Å². The molecule has 11 aromatic rings. The van der Waals surface area contributed by atoms with Crippen LogP contribution in [0.1, 0.15) is 0 Å². The van der Waals surface area contributed by atoms with Gasteiger partial charge in [0.2, 0.25) is 0 Å². The third-order valence-corrected chi connectivity index (χ3v) is 11.1. The normalized spacial score (nSPS) is 11.6. The minimum atomic E-state index is 0.978. The van der Waals surface area contributed by atoms with Gasteiger partial charge in [-0.2, -0.15) is 0 Å². The molecule has 0 atom stereocenters. The van der Waals surface area contributed by atoms with Gasteiger partial charge >= 0.3 is 0 Å². The van der Waals surface area contributed by atoms with Crippen LogP contribution < -0.4 is 0 Å². The van der Waals surface area contributed by atoms with Crippen LogP contribution in [0.5, 0.6) is 0 Å². The number of rotatable bonds is 6. The summed E-state index contributed by atoms with van der Waals surface area (Å²) in [5.74, 6) is 0. The summed E-state index contributed by atoms with van der Waals surface area (Å²) in [6, 6.07) is 74.3. The highest BCUT2D eigenvalue weighted by atomic mass is 15.1. The van der Waals surface area contributed by atoms with Crippen LogP contribution in [-0.2, 0) is 0 Å². The van der Waals surface area contributed by atoms with Crippen molar-refractivity contribution in [2.75, 3.05) is 0 Å². The number of benzene rings is 8. The molecular weight excluding hydrogens is 679 g/mol. The predicted molar refractivity (Wildman–Crippen MR) is 235 cm³/mol. The number of hydrogen-bond donors (Lipinski definition) is 0. The van der Waals surface area contributed by atoms with Crippen molar-refractivity contribution in [3.8, 4) is 55.9 Å². The minimum Gasteiger partial charge on any atom is -0.307 e. The zero-order valence-corrected chi connectivity index (χ0v) is 30.5. The van der Waals surface area contributed by atoms with E-state index in [-0.39, 0.29) is 0 Å². The second-order valence-electron chi connectivity index (χ2n) is 14.4. The molecule has 8 aromatic carbocycles. The van der Waals surface area contributed by atoms with Gasteiger partial charge in [0, 0.05) is 33.7 Å². The van der Waals surface area contributed by atoms with Gasteiger partial charge in [0.25, 0.3) is 0 Å². The highest BCUT2D eigenvalue weighted by Gasteiger charge is 2.23. The van der Waals surface area contributed by atoms with Crippen LogP contribution in [0.15, 0.2) is 212 Å². The third-order valence-electron chi connectivity index (χ3n) is 11.1. The first kappa shape index (κ1) is 32.0. The van der Waals surface area contributed by atoms with Crippen LogP contribution in [0, 0.1) is 0 Å². The smallest absolute Gasteiger partial charge is 0.0985 e. The molecule has 56 heavy (non-hydrogen) atoms. The molecule has 11 rings (SSSR count). The van der Waals surface area contributed by atoms with Gasteiger partial charge in [0.1, 0.15) is 0 Å². The van der Waals surface area contributed by atoms with Gasteiger partial charge in [0.15, 0.2) is 0 Å². The highest BCUT2D eigenvalue weighted by molar-refractivity contribution is 6.22. The summed E-state index contributed by atoms with van der Waals surface area (Å²) in [6.07, 6.45) is 2.09. The molecule has 0 spiro atoms. The van der Waals surface area contributed by atoms with Crippen LogP contribution in [0.4, 0.5) is 0 Å². The summed E-state index contributed by atoms with van der Waals surface area (Å²) in [5.41, 5.74) is 17.0. The lowest BCUT2D eigenvalue weighted by Crippen LogP contribution is -2.00. The second-order valence-corrected chi connectivity index (χ2v) is 14.4. The summed E-state index contributed by atoms with van der Waals surface area (Å²) in [5, 5.41) is 3.41. The van der Waals surface area contributed by atoms with Crippen molar-refractivity contribution >= 4 is 43.7 Å². The Morgan fingerprint density at radius 1 is 0.286 bits per heavy atom. The van der Waals surface area contributed by atoms with E-state index in [2.05, 4.69) is 222 Å². The average Bonchev–Trinajstić information content (AvgIpc) is 3.81. The first-order valence-electron chi connectivity index (χ1n) is 19.1. The van der Waals surface area contributed by atoms with Crippen molar-refractivity contribution in [2.24, 2.45) is 0 Å². The van der Waals surface area contributed by atoms with Crippen molar-refractivity contribution in [2.45, 2.75) is 0 Å². The Kier molecular flexibility index (Phi) is 7.49. The van der Waals surface area contributed by atoms with Gasteiger partial charge in [-0.1, -0.05) is 158 Å². The lowest BCUT2D eigenvalue weighted by Gasteiger charge is -2.16. The lowest BCUT2D eigenvalue weighted by atomic mass is 9.98. The zero-order chi connectivity index (χ0) is 37.0. The predicted octanol–water partition coefficient (Wildman–Crippen LogP) is 13.9. The van der Waals surface area contributed by atoms with Crippen LogP contribution in [0.3, 0.4) is 0 Å². The van der Waals surface area contributed by atoms with E-state index in [1.165, 1.54) is 38.8 Å². The monoisotopic (exact) mass is 713 g/mol. The maximum atomic E-state index is 5.30. The summed E-state index contributed by atoms with van der Waals surface area (Å²) in [7, 11) is 0. The van der Waals surface area contributed by atoms with Crippen molar-refractivity contribution in [1.82, 2.24) is 14.1 Å². The van der Waals surface area contributed by atoms with Gasteiger partial charge in [-0.15, -0.1) is 0 Å². The molecule has 0 radical (unpaired) electrons. The number of nitrogens with zero attached hydrogens (tertiary/aromatic N) is 3. The Balaban J connectivity index is 1.29. The van der Waals surface area contributed by atoms with Crippen molar-refractivity contribution in [3.63, 3.8) is 0 Å². The highest BCUT2D eigenvalue weighted by Crippen LogP contribution is 2.43. The number of aromatic nitrogens is 3. The Hall–Kier alpha value is -7.49. The second kappa shape index (κ2) is 13.1. The van der Waals surface area contributed by atoms with Crippen LogP contribution in [-0.4, -0.2) is 14.1 Å². The molecule has 0 fully saturated rings. The summed E-state index contributed by atoms with van der Waals surface area (Å²) < 4.78 is 4.93. The number of pyridine rings is 1. The van der Waals surface area contributed by atoms with Crippen molar-refractivity contribution < 1.29 is 0 Å². The molecule has 262 valence electrons. The number of fused-ring (bicyclic) bond motifs is 7. The van der Waals surface area contributed by atoms with E-state index >= 15 is 0 Å². The van der Waals surface area contributed by atoms with E-state index in [1.54, 1.807) is 0 Å². The van der Waals surface area contributed by atoms with Crippen molar-refractivity contribution in [1.29, 1.82) is 0 Å². The number of hydrogen-bond acceptors (Lipinski definition) is 1. The summed E-state index contributed by atoms with van der Waals surface area (Å²) in [6.45, 7) is 0. The molecule has 0 aliphatic carbocycles. The Morgan fingerprint density at radius 3 is 1.09 bits per heavy atom. The van der Waals surface area contributed by atoms with E-state index in [1.807, 2.05) is 0 Å². The maximum Gasteiger partial charge on any atom is 0.0985 e. The molecule has 3 heterocycles. The van der Waals surface area contributed by atoms with Gasteiger partial charge in [0.05, 0.1) is 27.6 Å². The molecule has 0 bridgehead atoms. The fourth-order valence-electron chi connectivity index (χ4n) is 8.54. The van der Waals surface area contributed by atoms with E-state index < -0.39 is 0 Å². The molecular formula is C53H35N3. The van der Waals surface area contributed by atoms with Gasteiger partial charge in [-0.25, -0.2) is 0 Å². The molecule has 0 aliphatic heterocycles. The molecule has 3 nitrogen and oxygen atoms in total. The summed E-state index contributed by atoms with van der Waals surface area (Å²) >= 11 is 0. The van der Waals surface area contributed by atoms with E-state index in [9.17, 15) is 0 Å². The Labute approximate surface area is 325 Å². The van der Waals surface area contributed by atoms with E-state index in [0.29, 0.717) is 0 Å². The molecule has 0 amide bonds. The van der Waals surface area contributed by atoms with E-state index in [4.69, 9.17) is 4.98 Å². The molecule has 0 saturated carbocycles. The number of para-hydroxylation sites is 2. The van der Waals surface area contributed by atoms with Gasteiger partial charge in [-0.3, -0.25) is 4.98 Å². The maximum absolute atomic E-state index is 5.30. The standard InChI is InChI=1S/C53H35N3/c1-5-17-36(18-6-1)40-29-41(37-19-7-2-8-20-37)32-44(31-40)55-49-27-15-13-25-46(49)48-35-54-51-47-26-14-16-28-50(47)56(53(51)52(48)55)45-33-42(38-21-9-3-10-22-38)30-43(34-45)39-23-11-4-12-24-39/h1-35H. The third kappa shape index (κ3) is 5.25.